The van der Waals surface area contributed by atoms with Gasteiger partial charge < -0.3 is 14.7 Å². The van der Waals surface area contributed by atoms with Crippen molar-refractivity contribution in [2.45, 2.75) is 19.9 Å². The molecule has 1 fully saturated rings. The molecule has 4 heteroatoms. The van der Waals surface area contributed by atoms with E-state index in [4.69, 9.17) is 16.3 Å². The largest absolute Gasteiger partial charge is 0.394 e. The van der Waals surface area contributed by atoms with Gasteiger partial charge in [0.05, 0.1) is 36.6 Å². The predicted molar refractivity (Wildman–Crippen MR) is 70.0 cm³/mol. The summed E-state index contributed by atoms with van der Waals surface area (Å²) in [5.74, 6) is 0. The average molecular weight is 256 g/mol. The molecule has 1 heterocycles. The molecule has 1 aromatic rings. The van der Waals surface area contributed by atoms with Crippen LogP contribution in [0.15, 0.2) is 12.1 Å². The molecular weight excluding hydrogens is 238 g/mol. The van der Waals surface area contributed by atoms with Crippen LogP contribution in [0.4, 0.5) is 5.69 Å². The summed E-state index contributed by atoms with van der Waals surface area (Å²) in [5.41, 5.74) is 3.33. The second kappa shape index (κ2) is 5.25. The zero-order chi connectivity index (χ0) is 12.4. The zero-order valence-electron chi connectivity index (χ0n) is 10.2. The van der Waals surface area contributed by atoms with E-state index in [0.29, 0.717) is 13.2 Å². The normalized spacial score (nSPS) is 20.7. The molecule has 0 spiro atoms. The number of benzene rings is 1. The lowest BCUT2D eigenvalue weighted by Gasteiger charge is -2.37. The van der Waals surface area contributed by atoms with Gasteiger partial charge in [-0.05, 0) is 31.0 Å². The first-order valence-electron chi connectivity index (χ1n) is 5.85. The molecule has 94 valence electrons. The minimum absolute atomic E-state index is 0.00246. The van der Waals surface area contributed by atoms with Crippen LogP contribution in [0.3, 0.4) is 0 Å². The molecule has 1 aliphatic rings. The molecule has 1 atom stereocenters. The van der Waals surface area contributed by atoms with Crippen LogP contribution < -0.4 is 4.90 Å². The van der Waals surface area contributed by atoms with E-state index in [9.17, 15) is 5.11 Å². The van der Waals surface area contributed by atoms with E-state index in [0.717, 1.165) is 28.4 Å². The summed E-state index contributed by atoms with van der Waals surface area (Å²) in [6.45, 7) is 6.18. The summed E-state index contributed by atoms with van der Waals surface area (Å²) in [5, 5.41) is 10.1. The first kappa shape index (κ1) is 12.7. The Kier molecular flexibility index (Phi) is 3.92. The van der Waals surface area contributed by atoms with E-state index < -0.39 is 0 Å². The van der Waals surface area contributed by atoms with E-state index >= 15 is 0 Å². The molecule has 0 aliphatic carbocycles. The van der Waals surface area contributed by atoms with Crippen LogP contribution in [0.25, 0.3) is 0 Å². The van der Waals surface area contributed by atoms with Gasteiger partial charge in [-0.3, -0.25) is 0 Å². The molecule has 17 heavy (non-hydrogen) atoms. The SMILES string of the molecule is Cc1cc(C)c(N2CCOCC2CO)c(Cl)c1. The maximum absolute atomic E-state index is 9.39. The standard InChI is InChI=1S/C13H18ClNO2/c1-9-5-10(2)13(12(14)6-9)15-3-4-17-8-11(15)7-16/h5-6,11,16H,3-4,7-8H2,1-2H3. The summed E-state index contributed by atoms with van der Waals surface area (Å²) in [7, 11) is 0. The fraction of sp³-hybridized carbons (Fsp3) is 0.538. The number of halogens is 1. The monoisotopic (exact) mass is 255 g/mol. The van der Waals surface area contributed by atoms with Crippen molar-refractivity contribution in [2.75, 3.05) is 31.3 Å². The maximum atomic E-state index is 9.39. The number of ether oxygens (including phenoxy) is 1. The number of rotatable bonds is 2. The summed E-state index contributed by atoms with van der Waals surface area (Å²) < 4.78 is 5.38. The number of morpholine rings is 1. The van der Waals surface area contributed by atoms with Gasteiger partial charge in [-0.25, -0.2) is 0 Å². The van der Waals surface area contributed by atoms with Crippen LogP contribution in [-0.2, 0) is 4.74 Å². The quantitative estimate of drug-likeness (QED) is 0.879. The van der Waals surface area contributed by atoms with Crippen molar-refractivity contribution in [3.05, 3.63) is 28.3 Å². The van der Waals surface area contributed by atoms with Crippen LogP contribution >= 0.6 is 11.6 Å². The molecule has 1 aliphatic heterocycles. The topological polar surface area (TPSA) is 32.7 Å². The lowest BCUT2D eigenvalue weighted by molar-refractivity contribution is 0.0727. The van der Waals surface area contributed by atoms with Crippen LogP contribution in [0.2, 0.25) is 5.02 Å². The molecule has 0 radical (unpaired) electrons. The van der Waals surface area contributed by atoms with E-state index in [-0.39, 0.29) is 12.6 Å². The highest BCUT2D eigenvalue weighted by Gasteiger charge is 2.25. The number of hydrogen-bond donors (Lipinski definition) is 1. The molecule has 0 saturated carbocycles. The third-order valence-electron chi connectivity index (χ3n) is 3.12. The molecule has 2 rings (SSSR count). The Labute approximate surface area is 107 Å². The van der Waals surface area contributed by atoms with E-state index in [1.54, 1.807) is 0 Å². The minimum atomic E-state index is 0.00246. The molecule has 0 bridgehead atoms. The molecule has 0 aromatic heterocycles. The molecule has 1 N–H and O–H groups in total. The van der Waals surface area contributed by atoms with Gasteiger partial charge in [0.2, 0.25) is 0 Å². The zero-order valence-corrected chi connectivity index (χ0v) is 11.0. The molecule has 3 nitrogen and oxygen atoms in total. The van der Waals surface area contributed by atoms with Gasteiger partial charge in [0.25, 0.3) is 0 Å². The third-order valence-corrected chi connectivity index (χ3v) is 3.41. The molecule has 1 saturated heterocycles. The molecular formula is C13H18ClNO2. The summed E-state index contributed by atoms with van der Waals surface area (Å²) >= 11 is 6.33. The number of hydrogen-bond acceptors (Lipinski definition) is 3. The van der Waals surface area contributed by atoms with Crippen LogP contribution in [-0.4, -0.2) is 37.5 Å². The van der Waals surface area contributed by atoms with Gasteiger partial charge >= 0.3 is 0 Å². The number of aryl methyl sites for hydroxylation is 2. The third kappa shape index (κ3) is 2.57. The average Bonchev–Trinajstić information content (AvgIpc) is 2.28. The predicted octanol–water partition coefficient (Wildman–Crippen LogP) is 2.15. The molecule has 1 unspecified atom stereocenters. The van der Waals surface area contributed by atoms with Crippen LogP contribution in [0.1, 0.15) is 11.1 Å². The Hall–Kier alpha value is -0.770. The van der Waals surface area contributed by atoms with Gasteiger partial charge in [0.1, 0.15) is 0 Å². The lowest BCUT2D eigenvalue weighted by atomic mass is 10.1. The second-order valence-electron chi connectivity index (χ2n) is 4.52. The fourth-order valence-electron chi connectivity index (χ4n) is 2.37. The Morgan fingerprint density at radius 2 is 2.24 bits per heavy atom. The van der Waals surface area contributed by atoms with Crippen LogP contribution in [0.5, 0.6) is 0 Å². The van der Waals surface area contributed by atoms with Crippen molar-refractivity contribution >= 4 is 17.3 Å². The summed E-state index contributed by atoms with van der Waals surface area (Å²) in [6, 6.07) is 4.08. The van der Waals surface area contributed by atoms with Crippen molar-refractivity contribution in [3.8, 4) is 0 Å². The highest BCUT2D eigenvalue weighted by Crippen LogP contribution is 2.33. The van der Waals surface area contributed by atoms with Gasteiger partial charge in [-0.15, -0.1) is 0 Å². The highest BCUT2D eigenvalue weighted by atomic mass is 35.5. The first-order valence-corrected chi connectivity index (χ1v) is 6.23. The Balaban J connectivity index is 2.38. The molecule has 1 aromatic carbocycles. The van der Waals surface area contributed by atoms with Crippen molar-refractivity contribution < 1.29 is 9.84 Å². The summed E-state index contributed by atoms with van der Waals surface area (Å²) in [4.78, 5) is 2.15. The van der Waals surface area contributed by atoms with Gasteiger partial charge in [-0.1, -0.05) is 17.7 Å². The number of nitrogens with zero attached hydrogens (tertiary/aromatic N) is 1. The Bertz CT molecular complexity index is 385. The van der Waals surface area contributed by atoms with Crippen molar-refractivity contribution in [1.82, 2.24) is 0 Å². The number of aliphatic hydroxyl groups is 1. The second-order valence-corrected chi connectivity index (χ2v) is 4.92. The number of anilines is 1. The van der Waals surface area contributed by atoms with Crippen LogP contribution in [0, 0.1) is 13.8 Å². The van der Waals surface area contributed by atoms with Crippen molar-refractivity contribution in [3.63, 3.8) is 0 Å². The van der Waals surface area contributed by atoms with E-state index in [1.807, 2.05) is 13.0 Å². The first-order chi connectivity index (χ1) is 8.13. The van der Waals surface area contributed by atoms with Gasteiger partial charge in [0.15, 0.2) is 0 Å². The van der Waals surface area contributed by atoms with Gasteiger partial charge in [-0.2, -0.15) is 0 Å². The Morgan fingerprint density at radius 1 is 1.47 bits per heavy atom. The van der Waals surface area contributed by atoms with E-state index in [1.165, 1.54) is 0 Å². The van der Waals surface area contributed by atoms with Crippen molar-refractivity contribution in [1.29, 1.82) is 0 Å². The minimum Gasteiger partial charge on any atom is -0.394 e. The van der Waals surface area contributed by atoms with Gasteiger partial charge in [0, 0.05) is 6.54 Å². The highest BCUT2D eigenvalue weighted by molar-refractivity contribution is 6.33. The smallest absolute Gasteiger partial charge is 0.0756 e. The van der Waals surface area contributed by atoms with Crippen molar-refractivity contribution in [2.24, 2.45) is 0 Å². The van der Waals surface area contributed by atoms with E-state index in [2.05, 4.69) is 17.9 Å². The lowest BCUT2D eigenvalue weighted by Crippen LogP contribution is -2.48. The number of aliphatic hydroxyl groups excluding tert-OH is 1. The summed E-state index contributed by atoms with van der Waals surface area (Å²) in [6.07, 6.45) is 0. The fourth-order valence-corrected chi connectivity index (χ4v) is 2.80. The maximum Gasteiger partial charge on any atom is 0.0756 e. The Morgan fingerprint density at radius 3 is 2.88 bits per heavy atom. The molecule has 0 amide bonds.